The number of nitrogens with zero attached hydrogens (tertiary/aromatic N) is 1. The van der Waals surface area contributed by atoms with E-state index in [9.17, 15) is 4.79 Å². The normalized spacial score (nSPS) is 11.1. The molecule has 0 aliphatic heterocycles. The van der Waals surface area contributed by atoms with E-state index in [4.69, 9.17) is 12.2 Å². The van der Waals surface area contributed by atoms with Gasteiger partial charge in [0.05, 0.1) is 0 Å². The van der Waals surface area contributed by atoms with Gasteiger partial charge in [-0.15, -0.1) is 0 Å². The van der Waals surface area contributed by atoms with Gasteiger partial charge < -0.3 is 0 Å². The van der Waals surface area contributed by atoms with Crippen molar-refractivity contribution < 1.29 is 4.79 Å². The van der Waals surface area contributed by atoms with Crippen molar-refractivity contribution in [2.24, 2.45) is 5.10 Å². The van der Waals surface area contributed by atoms with Crippen LogP contribution in [0.25, 0.3) is 0 Å². The first-order valence-electron chi connectivity index (χ1n) is 3.42. The largest absolute Gasteiger partial charge is 0.300 e. The molecule has 5 heteroatoms. The molecule has 0 heterocycles. The van der Waals surface area contributed by atoms with Gasteiger partial charge in [-0.3, -0.25) is 10.2 Å². The van der Waals surface area contributed by atoms with Crippen LogP contribution in [0.3, 0.4) is 0 Å². The third kappa shape index (κ3) is 6.30. The molecule has 1 N–H and O–H groups in total. The molecule has 0 bridgehead atoms. The number of carbonyl (C=O) groups is 1. The number of hydrazone groups is 1. The van der Waals surface area contributed by atoms with Crippen LogP contribution < -0.4 is 5.43 Å². The molecule has 0 aromatic carbocycles. The van der Waals surface area contributed by atoms with Crippen LogP contribution in [0.4, 0.5) is 0 Å². The van der Waals surface area contributed by atoms with Crippen molar-refractivity contribution in [3.05, 3.63) is 0 Å². The number of hydrogen-bond acceptors (Lipinski definition) is 4. The topological polar surface area (TPSA) is 41.5 Å². The molecular weight excluding hydrogens is 192 g/mol. The number of thiocarbonyl (C=S) groups is 1. The smallest absolute Gasteiger partial charge is 0.153 e. The third-order valence-corrected chi connectivity index (χ3v) is 2.08. The highest BCUT2D eigenvalue weighted by molar-refractivity contribution is 8.22. The number of ketones is 1. The second-order valence-corrected chi connectivity index (χ2v) is 3.81. The summed E-state index contributed by atoms with van der Waals surface area (Å²) in [6.45, 7) is 3.32. The van der Waals surface area contributed by atoms with Gasteiger partial charge in [0.2, 0.25) is 0 Å². The molecule has 12 heavy (non-hydrogen) atoms. The molecule has 68 valence electrons. The minimum atomic E-state index is 0.105. The molecule has 0 aliphatic rings. The Balaban J connectivity index is 3.84. The molecule has 0 spiro atoms. The van der Waals surface area contributed by atoms with Gasteiger partial charge in [-0.25, -0.2) is 0 Å². The summed E-state index contributed by atoms with van der Waals surface area (Å²) in [5.74, 6) is 0.105. The average Bonchev–Trinajstić information content (AvgIpc) is 1.99. The molecule has 0 aromatic rings. The third-order valence-electron chi connectivity index (χ3n) is 1.03. The summed E-state index contributed by atoms with van der Waals surface area (Å²) in [5.41, 5.74) is 3.42. The molecular formula is C7H12N2OS2. The molecule has 0 aromatic heterocycles. The van der Waals surface area contributed by atoms with Gasteiger partial charge in [-0.1, -0.05) is 24.0 Å². The molecule has 0 atom stereocenters. The summed E-state index contributed by atoms with van der Waals surface area (Å²) < 4.78 is 0.609. The van der Waals surface area contributed by atoms with E-state index in [1.165, 1.54) is 18.7 Å². The lowest BCUT2D eigenvalue weighted by Gasteiger charge is -1.99. The van der Waals surface area contributed by atoms with E-state index in [1.54, 1.807) is 6.92 Å². The lowest BCUT2D eigenvalue weighted by molar-refractivity contribution is -0.115. The molecule has 0 aliphatic carbocycles. The minimum Gasteiger partial charge on any atom is -0.300 e. The van der Waals surface area contributed by atoms with Crippen LogP contribution in [0.2, 0.25) is 0 Å². The molecule has 0 saturated heterocycles. The maximum Gasteiger partial charge on any atom is 0.153 e. The number of thioether (sulfide) groups is 1. The lowest BCUT2D eigenvalue weighted by atomic mass is 10.2. The highest BCUT2D eigenvalue weighted by Gasteiger charge is 1.96. The van der Waals surface area contributed by atoms with E-state index in [0.717, 1.165) is 5.71 Å². The first kappa shape index (κ1) is 11.6. The molecule has 0 fully saturated rings. The summed E-state index contributed by atoms with van der Waals surface area (Å²) in [5, 5.41) is 3.92. The van der Waals surface area contributed by atoms with E-state index >= 15 is 0 Å². The van der Waals surface area contributed by atoms with Crippen LogP contribution in [0, 0.1) is 0 Å². The second-order valence-electron chi connectivity index (χ2n) is 2.33. The van der Waals surface area contributed by atoms with Crippen molar-refractivity contribution in [2.75, 3.05) is 6.26 Å². The van der Waals surface area contributed by atoms with Crippen molar-refractivity contribution in [1.82, 2.24) is 5.43 Å². The molecule has 0 radical (unpaired) electrons. The Morgan fingerprint density at radius 3 is 2.58 bits per heavy atom. The summed E-state index contributed by atoms with van der Waals surface area (Å²) in [6.07, 6.45) is 2.25. The standard InChI is InChI=1S/C7H12N2OS2/c1-5(4-6(2)10)8-9-7(11)12-3/h4H2,1-3H3,(H,9,11)/b8-5+. The molecule has 0 amide bonds. The van der Waals surface area contributed by atoms with Crippen molar-refractivity contribution in [3.63, 3.8) is 0 Å². The van der Waals surface area contributed by atoms with Crippen molar-refractivity contribution in [2.45, 2.75) is 20.3 Å². The second kappa shape index (κ2) is 6.14. The van der Waals surface area contributed by atoms with Crippen LogP contribution in [0.15, 0.2) is 5.10 Å². The Kier molecular flexibility index (Phi) is 5.92. The highest BCUT2D eigenvalue weighted by atomic mass is 32.2. The number of Topliss-reactive ketones (excluding diaryl/α,β-unsaturated/α-hetero) is 1. The summed E-state index contributed by atoms with van der Waals surface area (Å²) in [6, 6.07) is 0. The molecule has 0 unspecified atom stereocenters. The van der Waals surface area contributed by atoms with Crippen LogP contribution in [-0.2, 0) is 4.79 Å². The van der Waals surface area contributed by atoms with Gasteiger partial charge in [-0.05, 0) is 20.1 Å². The fourth-order valence-electron chi connectivity index (χ4n) is 0.587. The van der Waals surface area contributed by atoms with Gasteiger partial charge in [0, 0.05) is 12.1 Å². The number of carbonyl (C=O) groups excluding carboxylic acids is 1. The van der Waals surface area contributed by atoms with Crippen LogP contribution >= 0.6 is 24.0 Å². The fraction of sp³-hybridized carbons (Fsp3) is 0.571. The predicted molar refractivity (Wildman–Crippen MR) is 57.7 cm³/mol. The van der Waals surface area contributed by atoms with Gasteiger partial charge in [0.15, 0.2) is 4.32 Å². The Hall–Kier alpha value is -0.420. The number of hydrogen-bond donors (Lipinski definition) is 1. The molecule has 0 rings (SSSR count). The minimum absolute atomic E-state index is 0.105. The zero-order chi connectivity index (χ0) is 9.56. The van der Waals surface area contributed by atoms with E-state index in [2.05, 4.69) is 10.5 Å². The van der Waals surface area contributed by atoms with Crippen LogP contribution in [0.1, 0.15) is 20.3 Å². The van der Waals surface area contributed by atoms with Crippen molar-refractivity contribution >= 4 is 39.8 Å². The summed E-state index contributed by atoms with van der Waals surface area (Å²) in [7, 11) is 0. The maximum absolute atomic E-state index is 10.6. The molecule has 0 saturated carbocycles. The zero-order valence-electron chi connectivity index (χ0n) is 7.38. The fourth-order valence-corrected chi connectivity index (χ4v) is 0.769. The lowest BCUT2D eigenvalue weighted by Crippen LogP contribution is -2.13. The van der Waals surface area contributed by atoms with E-state index < -0.39 is 0 Å². The van der Waals surface area contributed by atoms with Crippen LogP contribution in [-0.4, -0.2) is 22.1 Å². The number of rotatable bonds is 3. The average molecular weight is 204 g/mol. The van der Waals surface area contributed by atoms with E-state index in [0.29, 0.717) is 10.7 Å². The van der Waals surface area contributed by atoms with Gasteiger partial charge in [-0.2, -0.15) is 5.10 Å². The SMILES string of the molecule is CSC(=S)N/N=C(\C)CC(C)=O. The Morgan fingerprint density at radius 1 is 1.58 bits per heavy atom. The summed E-state index contributed by atoms with van der Waals surface area (Å²) >= 11 is 6.26. The maximum atomic E-state index is 10.6. The van der Waals surface area contributed by atoms with Gasteiger partial charge in [0.25, 0.3) is 0 Å². The van der Waals surface area contributed by atoms with E-state index in [1.807, 2.05) is 6.26 Å². The van der Waals surface area contributed by atoms with Gasteiger partial charge >= 0.3 is 0 Å². The monoisotopic (exact) mass is 204 g/mol. The van der Waals surface area contributed by atoms with Gasteiger partial charge in [0.1, 0.15) is 5.78 Å². The Morgan fingerprint density at radius 2 is 2.17 bits per heavy atom. The van der Waals surface area contributed by atoms with E-state index in [-0.39, 0.29) is 5.78 Å². The summed E-state index contributed by atoms with van der Waals surface area (Å²) in [4.78, 5) is 10.6. The van der Waals surface area contributed by atoms with Crippen molar-refractivity contribution in [1.29, 1.82) is 0 Å². The predicted octanol–water partition coefficient (Wildman–Crippen LogP) is 1.58. The zero-order valence-corrected chi connectivity index (χ0v) is 9.01. The first-order valence-corrected chi connectivity index (χ1v) is 5.06. The first-order chi connectivity index (χ1) is 5.56. The molecule has 3 nitrogen and oxygen atoms in total. The van der Waals surface area contributed by atoms with Crippen LogP contribution in [0.5, 0.6) is 0 Å². The van der Waals surface area contributed by atoms with Crippen molar-refractivity contribution in [3.8, 4) is 0 Å². The Labute approximate surface area is 82.0 Å². The quantitative estimate of drug-likeness (QED) is 0.430. The number of nitrogens with one attached hydrogen (secondary N) is 1. The highest BCUT2D eigenvalue weighted by Crippen LogP contribution is 1.94. The Bertz CT molecular complexity index is 213.